The van der Waals surface area contributed by atoms with Crippen molar-refractivity contribution in [3.63, 3.8) is 0 Å². The minimum absolute atomic E-state index is 0. The molecule has 1 aromatic carbocycles. The molecule has 0 fully saturated rings. The van der Waals surface area contributed by atoms with Crippen molar-refractivity contribution in [2.45, 2.75) is 27.7 Å². The second kappa shape index (κ2) is 13.6. The second-order valence-electron chi connectivity index (χ2n) is 2.65. The molecule has 1 rings (SSSR count). The number of rotatable bonds is 1. The van der Waals surface area contributed by atoms with Gasteiger partial charge in [-0.15, -0.1) is 0 Å². The summed E-state index contributed by atoms with van der Waals surface area (Å²) in [4.78, 5) is 0. The summed E-state index contributed by atoms with van der Waals surface area (Å²) >= 11 is 0. The third-order valence-corrected chi connectivity index (χ3v) is 1.54. The maximum atomic E-state index is 3.86. The predicted octanol–water partition coefficient (Wildman–Crippen LogP) is 4.71. The normalized spacial score (nSPS) is 7.07. The van der Waals surface area contributed by atoms with Gasteiger partial charge >= 0.3 is 19.5 Å². The van der Waals surface area contributed by atoms with E-state index in [0.717, 1.165) is 5.57 Å². The summed E-state index contributed by atoms with van der Waals surface area (Å²) in [5, 5.41) is 0. The van der Waals surface area contributed by atoms with Crippen LogP contribution in [0.5, 0.6) is 0 Å². The average Bonchev–Trinajstić information content (AvgIpc) is 2.24. The summed E-state index contributed by atoms with van der Waals surface area (Å²) in [7, 11) is 0. The van der Waals surface area contributed by atoms with Gasteiger partial charge < -0.3 is 13.8 Å². The minimum Gasteiger partial charge on any atom is -0.346 e. The SMILES string of the molecule is C=C(C)c1ccc(C)cc1.[CH2-]C.[CH2-]C.[Zn+2]. The van der Waals surface area contributed by atoms with Crippen molar-refractivity contribution >= 4 is 5.57 Å². The summed E-state index contributed by atoms with van der Waals surface area (Å²) in [6, 6.07) is 8.39. The van der Waals surface area contributed by atoms with Crippen LogP contribution in [0.1, 0.15) is 31.9 Å². The molecule has 1 heteroatoms. The van der Waals surface area contributed by atoms with Crippen LogP contribution in [0.25, 0.3) is 5.57 Å². The average molecular weight is 256 g/mol. The first-order valence-electron chi connectivity index (χ1n) is 4.84. The Morgan fingerprint density at radius 3 is 1.60 bits per heavy atom. The maximum absolute atomic E-state index is 3.86. The Bertz CT molecular complexity index is 234. The number of hydrogen-bond donors (Lipinski definition) is 0. The minimum atomic E-state index is 0. The summed E-state index contributed by atoms with van der Waals surface area (Å²) in [6.45, 7) is 18.0. The Kier molecular flexibility index (Phi) is 18.2. The van der Waals surface area contributed by atoms with Gasteiger partial charge in [0.05, 0.1) is 0 Å². The molecule has 0 aliphatic carbocycles. The van der Waals surface area contributed by atoms with E-state index >= 15 is 0 Å². The molecule has 0 amide bonds. The smallest absolute Gasteiger partial charge is 0.346 e. The molecule has 0 aromatic heterocycles. The van der Waals surface area contributed by atoms with Crippen LogP contribution in [0.15, 0.2) is 30.8 Å². The summed E-state index contributed by atoms with van der Waals surface area (Å²) in [5.74, 6) is 0. The van der Waals surface area contributed by atoms with Crippen LogP contribution in [0, 0.1) is 20.8 Å². The molecular formula is C14H22Zn. The molecule has 15 heavy (non-hydrogen) atoms. The largest absolute Gasteiger partial charge is 2.00 e. The van der Waals surface area contributed by atoms with Crippen molar-refractivity contribution in [2.24, 2.45) is 0 Å². The molecule has 0 nitrogen and oxygen atoms in total. The van der Waals surface area contributed by atoms with E-state index in [1.165, 1.54) is 11.1 Å². The molecule has 0 unspecified atom stereocenters. The van der Waals surface area contributed by atoms with Crippen LogP contribution in [0.4, 0.5) is 0 Å². The van der Waals surface area contributed by atoms with Gasteiger partial charge in [0.25, 0.3) is 0 Å². The molecule has 0 atom stereocenters. The molecule has 0 bridgehead atoms. The van der Waals surface area contributed by atoms with E-state index in [1.54, 1.807) is 13.8 Å². The fraction of sp³-hybridized carbons (Fsp3) is 0.286. The second-order valence-corrected chi connectivity index (χ2v) is 2.65. The van der Waals surface area contributed by atoms with Crippen molar-refractivity contribution in [3.05, 3.63) is 55.8 Å². The van der Waals surface area contributed by atoms with Crippen LogP contribution in [-0.4, -0.2) is 0 Å². The van der Waals surface area contributed by atoms with Gasteiger partial charge in [-0.1, -0.05) is 42.0 Å². The van der Waals surface area contributed by atoms with Crippen molar-refractivity contribution in [1.29, 1.82) is 0 Å². The quantitative estimate of drug-likeness (QED) is 0.504. The Morgan fingerprint density at radius 2 is 1.33 bits per heavy atom. The van der Waals surface area contributed by atoms with Crippen molar-refractivity contribution < 1.29 is 19.5 Å². The van der Waals surface area contributed by atoms with Gasteiger partial charge in [0.1, 0.15) is 0 Å². The molecule has 1 aromatic rings. The van der Waals surface area contributed by atoms with Crippen molar-refractivity contribution in [2.75, 3.05) is 0 Å². The molecule has 0 saturated heterocycles. The topological polar surface area (TPSA) is 0 Å². The number of benzene rings is 1. The van der Waals surface area contributed by atoms with Crippen molar-refractivity contribution in [1.82, 2.24) is 0 Å². The van der Waals surface area contributed by atoms with E-state index in [2.05, 4.69) is 51.6 Å². The molecule has 80 valence electrons. The van der Waals surface area contributed by atoms with Crippen LogP contribution in [-0.2, 0) is 19.5 Å². The van der Waals surface area contributed by atoms with Crippen molar-refractivity contribution in [3.8, 4) is 0 Å². The third-order valence-electron chi connectivity index (χ3n) is 1.54. The maximum Gasteiger partial charge on any atom is 2.00 e. The van der Waals surface area contributed by atoms with Gasteiger partial charge in [0, 0.05) is 0 Å². The zero-order valence-electron chi connectivity index (χ0n) is 10.6. The fourth-order valence-electron chi connectivity index (χ4n) is 0.838. The monoisotopic (exact) mass is 254 g/mol. The molecular weight excluding hydrogens is 234 g/mol. The fourth-order valence-corrected chi connectivity index (χ4v) is 0.838. The molecule has 0 N–H and O–H groups in total. The van der Waals surface area contributed by atoms with Gasteiger partial charge in [-0.2, -0.15) is 13.8 Å². The molecule has 0 heterocycles. The van der Waals surface area contributed by atoms with E-state index in [0.29, 0.717) is 0 Å². The Labute approximate surface area is 109 Å². The van der Waals surface area contributed by atoms with E-state index in [9.17, 15) is 0 Å². The van der Waals surface area contributed by atoms with Gasteiger partial charge in [-0.05, 0) is 19.4 Å². The molecule has 0 spiro atoms. The summed E-state index contributed by atoms with van der Waals surface area (Å²) < 4.78 is 0. The van der Waals surface area contributed by atoms with E-state index in [-0.39, 0.29) is 19.5 Å². The first-order valence-corrected chi connectivity index (χ1v) is 4.84. The molecule has 0 aliphatic rings. The standard InChI is InChI=1S/C10H12.2C2H5.Zn/c1-8(2)10-6-4-9(3)5-7-10;2*1-2;/h4-7H,1H2,2-3H3;2*1H2,2H3;/q;2*-1;+2. The number of allylic oxidation sites excluding steroid dienone is 1. The van der Waals surface area contributed by atoms with E-state index in [4.69, 9.17) is 0 Å². The Morgan fingerprint density at radius 1 is 1.00 bits per heavy atom. The predicted molar refractivity (Wildman–Crippen MR) is 67.9 cm³/mol. The molecule has 0 aliphatic heterocycles. The third kappa shape index (κ3) is 9.88. The first-order chi connectivity index (χ1) is 6.70. The van der Waals surface area contributed by atoms with Crippen LogP contribution in [0.2, 0.25) is 0 Å². The number of aryl methyl sites for hydroxylation is 1. The van der Waals surface area contributed by atoms with Gasteiger partial charge in [-0.25, -0.2) is 0 Å². The zero-order valence-corrected chi connectivity index (χ0v) is 13.6. The first kappa shape index (κ1) is 20.1. The zero-order chi connectivity index (χ0) is 11.6. The summed E-state index contributed by atoms with van der Waals surface area (Å²) in [5.41, 5.74) is 3.65. The van der Waals surface area contributed by atoms with Gasteiger partial charge in [0.15, 0.2) is 0 Å². The molecule has 0 saturated carbocycles. The van der Waals surface area contributed by atoms with Crippen LogP contribution < -0.4 is 0 Å². The number of hydrogen-bond acceptors (Lipinski definition) is 0. The van der Waals surface area contributed by atoms with Crippen LogP contribution >= 0.6 is 0 Å². The molecule has 0 radical (unpaired) electrons. The van der Waals surface area contributed by atoms with E-state index < -0.39 is 0 Å². The van der Waals surface area contributed by atoms with Gasteiger partial charge in [-0.3, -0.25) is 0 Å². The van der Waals surface area contributed by atoms with E-state index in [1.807, 2.05) is 6.92 Å². The van der Waals surface area contributed by atoms with Gasteiger partial charge in [0.2, 0.25) is 0 Å². The Hall–Kier alpha value is -0.417. The van der Waals surface area contributed by atoms with Crippen LogP contribution in [0.3, 0.4) is 0 Å². The Balaban J connectivity index is -0.000000258. The summed E-state index contributed by atoms with van der Waals surface area (Å²) in [6.07, 6.45) is 0.